The van der Waals surface area contributed by atoms with Crippen LogP contribution < -0.4 is 0 Å². The SMILES string of the molecule is CC(=O)OCOC(=O)CC/C=C\CC[C@@H]1[C@@H](N2CCCCC2)[C@@H](O)C[C@@H]1OCc1ccc(-c2ccccc2)cc1. The molecule has 40 heavy (non-hydrogen) atoms. The fourth-order valence-corrected chi connectivity index (χ4v) is 5.94. The van der Waals surface area contributed by atoms with Gasteiger partial charge in [-0.3, -0.25) is 14.5 Å². The highest BCUT2D eigenvalue weighted by Gasteiger charge is 2.45. The second-order valence-corrected chi connectivity index (χ2v) is 10.8. The van der Waals surface area contributed by atoms with E-state index in [4.69, 9.17) is 9.47 Å². The molecule has 1 saturated carbocycles. The molecule has 0 spiro atoms. The molecule has 1 N–H and O–H groups in total. The Morgan fingerprint density at radius 3 is 2.35 bits per heavy atom. The van der Waals surface area contributed by atoms with E-state index in [1.165, 1.54) is 37.3 Å². The van der Waals surface area contributed by atoms with Gasteiger partial charge in [0.15, 0.2) is 0 Å². The van der Waals surface area contributed by atoms with Gasteiger partial charge in [0.25, 0.3) is 0 Å². The number of aliphatic hydroxyl groups is 1. The smallest absolute Gasteiger partial charge is 0.308 e. The molecule has 4 atom stereocenters. The van der Waals surface area contributed by atoms with Crippen LogP contribution in [-0.4, -0.2) is 60.1 Å². The minimum atomic E-state index is -0.476. The molecular formula is C33H43NO6. The van der Waals surface area contributed by atoms with Gasteiger partial charge < -0.3 is 19.3 Å². The first-order valence-corrected chi connectivity index (χ1v) is 14.6. The van der Waals surface area contributed by atoms with Gasteiger partial charge in [-0.05, 0) is 61.9 Å². The number of benzene rings is 2. The Morgan fingerprint density at radius 2 is 1.62 bits per heavy atom. The lowest BCUT2D eigenvalue weighted by Crippen LogP contribution is -2.47. The minimum Gasteiger partial charge on any atom is -0.428 e. The summed E-state index contributed by atoms with van der Waals surface area (Å²) in [6.45, 7) is 3.54. The normalized spacial score (nSPS) is 23.4. The maximum absolute atomic E-state index is 11.7. The zero-order valence-electron chi connectivity index (χ0n) is 23.6. The third-order valence-corrected chi connectivity index (χ3v) is 7.95. The third-order valence-electron chi connectivity index (χ3n) is 7.95. The lowest BCUT2D eigenvalue weighted by molar-refractivity contribution is -0.165. The van der Waals surface area contributed by atoms with Crippen molar-refractivity contribution in [1.29, 1.82) is 0 Å². The summed E-state index contributed by atoms with van der Waals surface area (Å²) in [6, 6.07) is 19.0. The monoisotopic (exact) mass is 549 g/mol. The van der Waals surface area contributed by atoms with E-state index in [1.54, 1.807) is 0 Å². The Hall–Kier alpha value is -3.00. The fraction of sp³-hybridized carbons (Fsp3) is 0.515. The van der Waals surface area contributed by atoms with Gasteiger partial charge in [-0.15, -0.1) is 0 Å². The predicted octanol–water partition coefficient (Wildman–Crippen LogP) is 5.65. The lowest BCUT2D eigenvalue weighted by atomic mass is 9.92. The highest BCUT2D eigenvalue weighted by Crippen LogP contribution is 2.38. The molecule has 7 nitrogen and oxygen atoms in total. The largest absolute Gasteiger partial charge is 0.428 e. The standard InChI is InChI=1S/C33H43NO6/c1-25(35)39-24-40-32(37)15-9-3-2-8-14-29-31(22-30(36)33(29)34-20-10-5-11-21-34)38-23-26-16-18-28(19-17-26)27-12-6-4-7-13-27/h2-4,6-7,12-13,16-19,29-31,33,36H,5,8-11,14-15,20-24H2,1H3/b3-2-/t29-,30-,31-,33+/m0/s1. The number of rotatable bonds is 13. The number of piperidine rings is 1. The molecule has 0 bridgehead atoms. The number of hydrogen-bond acceptors (Lipinski definition) is 7. The fourth-order valence-electron chi connectivity index (χ4n) is 5.94. The highest BCUT2D eigenvalue weighted by atomic mass is 16.7. The topological polar surface area (TPSA) is 85.3 Å². The molecule has 2 aromatic carbocycles. The first-order valence-electron chi connectivity index (χ1n) is 14.6. The van der Waals surface area contributed by atoms with Gasteiger partial charge in [0.05, 0.1) is 18.8 Å². The number of aliphatic hydroxyl groups excluding tert-OH is 1. The van der Waals surface area contributed by atoms with Crippen molar-refractivity contribution in [2.75, 3.05) is 19.9 Å². The minimum absolute atomic E-state index is 0.000352. The maximum Gasteiger partial charge on any atom is 0.308 e. The van der Waals surface area contributed by atoms with E-state index >= 15 is 0 Å². The second kappa shape index (κ2) is 15.7. The molecule has 0 amide bonds. The summed E-state index contributed by atoms with van der Waals surface area (Å²) in [5, 5.41) is 11.1. The van der Waals surface area contributed by atoms with Crippen molar-refractivity contribution in [2.24, 2.45) is 5.92 Å². The molecule has 0 unspecified atom stereocenters. The maximum atomic E-state index is 11.7. The second-order valence-electron chi connectivity index (χ2n) is 10.8. The number of ether oxygens (including phenoxy) is 3. The number of esters is 2. The van der Waals surface area contributed by atoms with E-state index in [-0.39, 0.29) is 43.4 Å². The van der Waals surface area contributed by atoms with E-state index in [2.05, 4.69) is 52.1 Å². The van der Waals surface area contributed by atoms with Crippen LogP contribution in [0.2, 0.25) is 0 Å². The van der Waals surface area contributed by atoms with E-state index in [0.29, 0.717) is 19.4 Å². The lowest BCUT2D eigenvalue weighted by Gasteiger charge is -2.38. The van der Waals surface area contributed by atoms with Crippen LogP contribution in [0.1, 0.15) is 63.9 Å². The van der Waals surface area contributed by atoms with Crippen LogP contribution in [0.4, 0.5) is 0 Å². The van der Waals surface area contributed by atoms with Crippen LogP contribution in [0.5, 0.6) is 0 Å². The van der Waals surface area contributed by atoms with E-state index in [9.17, 15) is 14.7 Å². The van der Waals surface area contributed by atoms with E-state index in [0.717, 1.165) is 31.5 Å². The summed E-state index contributed by atoms with van der Waals surface area (Å²) in [6.07, 6.45) is 10.6. The molecule has 7 heteroatoms. The number of allylic oxidation sites excluding steroid dienone is 2. The molecule has 0 aromatic heterocycles. The Bertz CT molecular complexity index is 1080. The Labute approximate surface area is 238 Å². The summed E-state index contributed by atoms with van der Waals surface area (Å²) in [7, 11) is 0. The molecule has 1 saturated heterocycles. The number of nitrogens with zero attached hydrogens (tertiary/aromatic N) is 1. The van der Waals surface area contributed by atoms with Crippen molar-refractivity contribution < 1.29 is 28.9 Å². The Balaban J connectivity index is 1.30. The molecule has 4 rings (SSSR count). The van der Waals surface area contributed by atoms with E-state index < -0.39 is 5.97 Å². The summed E-state index contributed by atoms with van der Waals surface area (Å²) in [5.41, 5.74) is 3.52. The van der Waals surface area contributed by atoms with Gasteiger partial charge in [-0.2, -0.15) is 0 Å². The molecular weight excluding hydrogens is 506 g/mol. The molecule has 1 aliphatic heterocycles. The van der Waals surface area contributed by atoms with Crippen LogP contribution in [0.3, 0.4) is 0 Å². The molecule has 1 heterocycles. The van der Waals surface area contributed by atoms with Crippen molar-refractivity contribution in [2.45, 2.75) is 83.1 Å². The van der Waals surface area contributed by atoms with Crippen LogP contribution in [-0.2, 0) is 30.4 Å². The predicted molar refractivity (Wildman–Crippen MR) is 154 cm³/mol. The average Bonchev–Trinajstić information content (AvgIpc) is 3.29. The number of carbonyl (C=O) groups is 2. The van der Waals surface area contributed by atoms with Crippen LogP contribution in [0.15, 0.2) is 66.7 Å². The van der Waals surface area contributed by atoms with Crippen molar-refractivity contribution in [3.8, 4) is 11.1 Å². The Morgan fingerprint density at radius 1 is 0.925 bits per heavy atom. The molecule has 2 aromatic rings. The van der Waals surface area contributed by atoms with Crippen molar-refractivity contribution in [3.05, 3.63) is 72.3 Å². The zero-order chi connectivity index (χ0) is 28.2. The highest BCUT2D eigenvalue weighted by molar-refractivity contribution is 5.70. The summed E-state index contributed by atoms with van der Waals surface area (Å²) >= 11 is 0. The van der Waals surface area contributed by atoms with Gasteiger partial charge in [-0.1, -0.05) is 73.2 Å². The summed E-state index contributed by atoms with van der Waals surface area (Å²) < 4.78 is 16.0. The third kappa shape index (κ3) is 9.01. The molecule has 216 valence electrons. The molecule has 1 aliphatic carbocycles. The van der Waals surface area contributed by atoms with Crippen molar-refractivity contribution in [1.82, 2.24) is 4.90 Å². The number of likely N-dealkylation sites (tertiary alicyclic amines) is 1. The van der Waals surface area contributed by atoms with Gasteiger partial charge in [0, 0.05) is 31.7 Å². The molecule has 2 fully saturated rings. The van der Waals surface area contributed by atoms with Crippen LogP contribution >= 0.6 is 0 Å². The van der Waals surface area contributed by atoms with E-state index in [1.807, 2.05) is 24.3 Å². The van der Waals surface area contributed by atoms with Crippen LogP contribution in [0.25, 0.3) is 11.1 Å². The quantitative estimate of drug-likeness (QED) is 0.196. The van der Waals surface area contributed by atoms with Gasteiger partial charge in [-0.25, -0.2) is 0 Å². The number of carbonyl (C=O) groups excluding carboxylic acids is 2. The Kier molecular flexibility index (Phi) is 11.8. The first-order chi connectivity index (χ1) is 19.5. The number of hydrogen-bond donors (Lipinski definition) is 1. The average molecular weight is 550 g/mol. The van der Waals surface area contributed by atoms with Crippen LogP contribution in [0, 0.1) is 5.92 Å². The summed E-state index contributed by atoms with van der Waals surface area (Å²) in [5.74, 6) is -0.619. The van der Waals surface area contributed by atoms with Gasteiger partial charge >= 0.3 is 11.9 Å². The van der Waals surface area contributed by atoms with Crippen molar-refractivity contribution in [3.63, 3.8) is 0 Å². The zero-order valence-corrected chi connectivity index (χ0v) is 23.6. The first kappa shape index (κ1) is 30.0. The molecule has 0 radical (unpaired) electrons. The molecule has 2 aliphatic rings. The summed E-state index contributed by atoms with van der Waals surface area (Å²) in [4.78, 5) is 25.0. The van der Waals surface area contributed by atoms with Gasteiger partial charge in [0.1, 0.15) is 0 Å². The van der Waals surface area contributed by atoms with Crippen molar-refractivity contribution >= 4 is 11.9 Å². The van der Waals surface area contributed by atoms with Gasteiger partial charge in [0.2, 0.25) is 6.79 Å².